The van der Waals surface area contributed by atoms with Gasteiger partial charge in [-0.1, -0.05) is 0 Å². The number of hydrogen-bond donors (Lipinski definition) is 1. The Morgan fingerprint density at radius 3 is 2.94 bits per heavy atom. The fourth-order valence-corrected chi connectivity index (χ4v) is 1.44. The molecule has 0 bridgehead atoms. The van der Waals surface area contributed by atoms with Crippen LogP contribution in [-0.2, 0) is 9.53 Å². The zero-order chi connectivity index (χ0) is 12.7. The van der Waals surface area contributed by atoms with E-state index >= 15 is 0 Å². The number of methoxy groups -OCH3 is 1. The molecule has 0 spiro atoms. The van der Waals surface area contributed by atoms with Crippen LogP contribution in [0.2, 0.25) is 0 Å². The summed E-state index contributed by atoms with van der Waals surface area (Å²) in [6.07, 6.45) is 1.55. The SMILES string of the molecule is COCC(C)NC(=O)COc1ccc(Br)nc1. The lowest BCUT2D eigenvalue weighted by atomic mass is 10.3. The van der Waals surface area contributed by atoms with Crippen molar-refractivity contribution in [1.29, 1.82) is 0 Å². The lowest BCUT2D eigenvalue weighted by Gasteiger charge is -2.13. The molecule has 0 aromatic carbocycles. The maximum absolute atomic E-state index is 11.4. The first-order chi connectivity index (χ1) is 8.11. The smallest absolute Gasteiger partial charge is 0.258 e. The molecule has 1 aromatic heterocycles. The Labute approximate surface area is 109 Å². The number of hydrogen-bond acceptors (Lipinski definition) is 4. The maximum atomic E-state index is 11.4. The molecule has 1 heterocycles. The van der Waals surface area contributed by atoms with Gasteiger partial charge in [0.2, 0.25) is 0 Å². The Balaban J connectivity index is 2.30. The van der Waals surface area contributed by atoms with Crippen molar-refractivity contribution in [1.82, 2.24) is 10.3 Å². The molecule has 94 valence electrons. The first kappa shape index (κ1) is 13.9. The molecule has 17 heavy (non-hydrogen) atoms. The van der Waals surface area contributed by atoms with Gasteiger partial charge in [-0.25, -0.2) is 4.98 Å². The fraction of sp³-hybridized carbons (Fsp3) is 0.455. The van der Waals surface area contributed by atoms with E-state index in [2.05, 4.69) is 26.2 Å². The summed E-state index contributed by atoms with van der Waals surface area (Å²) < 4.78 is 10.9. The van der Waals surface area contributed by atoms with Crippen molar-refractivity contribution in [3.05, 3.63) is 22.9 Å². The number of nitrogens with zero attached hydrogens (tertiary/aromatic N) is 1. The lowest BCUT2D eigenvalue weighted by molar-refractivity contribution is -0.124. The van der Waals surface area contributed by atoms with E-state index in [1.807, 2.05) is 6.92 Å². The zero-order valence-electron chi connectivity index (χ0n) is 9.77. The molecule has 1 unspecified atom stereocenters. The average Bonchev–Trinajstić information content (AvgIpc) is 2.28. The van der Waals surface area contributed by atoms with Crippen LogP contribution in [-0.4, -0.2) is 37.3 Å². The number of amides is 1. The molecule has 5 nitrogen and oxygen atoms in total. The average molecular weight is 303 g/mol. The molecule has 0 saturated heterocycles. The van der Waals surface area contributed by atoms with Crippen LogP contribution in [0.4, 0.5) is 0 Å². The Hall–Kier alpha value is -1.14. The van der Waals surface area contributed by atoms with Gasteiger partial charge in [-0.15, -0.1) is 0 Å². The van der Waals surface area contributed by atoms with Gasteiger partial charge in [-0.05, 0) is 35.0 Å². The first-order valence-corrected chi connectivity index (χ1v) is 5.93. The van der Waals surface area contributed by atoms with Crippen LogP contribution in [0.25, 0.3) is 0 Å². The molecule has 1 rings (SSSR count). The molecule has 1 amide bonds. The van der Waals surface area contributed by atoms with Crippen LogP contribution in [0, 0.1) is 0 Å². The maximum Gasteiger partial charge on any atom is 0.258 e. The number of nitrogens with one attached hydrogen (secondary N) is 1. The van der Waals surface area contributed by atoms with Gasteiger partial charge in [-0.3, -0.25) is 4.79 Å². The van der Waals surface area contributed by atoms with Crippen LogP contribution in [0.15, 0.2) is 22.9 Å². The van der Waals surface area contributed by atoms with Crippen molar-refractivity contribution >= 4 is 21.8 Å². The highest BCUT2D eigenvalue weighted by Crippen LogP contribution is 2.12. The Morgan fingerprint density at radius 2 is 2.35 bits per heavy atom. The summed E-state index contributed by atoms with van der Waals surface area (Å²) in [6.45, 7) is 2.31. The Kier molecular flexibility index (Phi) is 5.93. The van der Waals surface area contributed by atoms with Gasteiger partial charge in [-0.2, -0.15) is 0 Å². The van der Waals surface area contributed by atoms with E-state index in [-0.39, 0.29) is 18.6 Å². The number of pyridine rings is 1. The molecule has 0 aliphatic heterocycles. The first-order valence-electron chi connectivity index (χ1n) is 5.14. The van der Waals surface area contributed by atoms with Crippen LogP contribution < -0.4 is 10.1 Å². The molecular formula is C11H15BrN2O3. The number of ether oxygens (including phenoxy) is 2. The molecule has 1 atom stereocenters. The quantitative estimate of drug-likeness (QED) is 0.807. The van der Waals surface area contributed by atoms with Crippen LogP contribution in [0.3, 0.4) is 0 Å². The van der Waals surface area contributed by atoms with E-state index in [0.717, 1.165) is 4.60 Å². The predicted octanol–water partition coefficient (Wildman–Crippen LogP) is 1.37. The van der Waals surface area contributed by atoms with E-state index in [4.69, 9.17) is 9.47 Å². The molecule has 0 saturated carbocycles. The predicted molar refractivity (Wildman–Crippen MR) is 66.9 cm³/mol. The third kappa shape index (κ3) is 5.65. The number of halogens is 1. The summed E-state index contributed by atoms with van der Waals surface area (Å²) in [5.41, 5.74) is 0. The van der Waals surface area contributed by atoms with Crippen molar-refractivity contribution < 1.29 is 14.3 Å². The van der Waals surface area contributed by atoms with Gasteiger partial charge in [0.1, 0.15) is 10.4 Å². The van der Waals surface area contributed by atoms with Crippen LogP contribution in [0.5, 0.6) is 5.75 Å². The lowest BCUT2D eigenvalue weighted by Crippen LogP contribution is -2.38. The normalized spacial score (nSPS) is 11.9. The molecule has 6 heteroatoms. The van der Waals surface area contributed by atoms with Gasteiger partial charge in [0.25, 0.3) is 5.91 Å². The minimum atomic E-state index is -0.183. The van der Waals surface area contributed by atoms with E-state index in [9.17, 15) is 4.79 Å². The summed E-state index contributed by atoms with van der Waals surface area (Å²) in [4.78, 5) is 15.4. The monoisotopic (exact) mass is 302 g/mol. The van der Waals surface area contributed by atoms with Crippen LogP contribution in [0.1, 0.15) is 6.92 Å². The number of carbonyl (C=O) groups excluding carboxylic acids is 1. The van der Waals surface area contributed by atoms with Crippen molar-refractivity contribution in [3.63, 3.8) is 0 Å². The van der Waals surface area contributed by atoms with Crippen molar-refractivity contribution in [2.45, 2.75) is 13.0 Å². The van der Waals surface area contributed by atoms with E-state index in [1.54, 1.807) is 25.4 Å². The summed E-state index contributed by atoms with van der Waals surface area (Å²) >= 11 is 3.22. The van der Waals surface area contributed by atoms with E-state index in [1.165, 1.54) is 0 Å². The third-order valence-corrected chi connectivity index (χ3v) is 2.36. The highest BCUT2D eigenvalue weighted by Gasteiger charge is 2.07. The second kappa shape index (κ2) is 7.24. The van der Waals surface area contributed by atoms with E-state index < -0.39 is 0 Å². The van der Waals surface area contributed by atoms with Gasteiger partial charge < -0.3 is 14.8 Å². The van der Waals surface area contributed by atoms with Crippen LogP contribution >= 0.6 is 15.9 Å². The second-order valence-corrected chi connectivity index (χ2v) is 4.34. The number of rotatable bonds is 6. The molecule has 0 aliphatic carbocycles. The summed E-state index contributed by atoms with van der Waals surface area (Å²) in [7, 11) is 1.59. The molecule has 1 N–H and O–H groups in total. The Bertz CT molecular complexity index is 356. The number of carbonyl (C=O) groups is 1. The minimum absolute atomic E-state index is 0.0286. The standard InChI is InChI=1S/C11H15BrN2O3/c1-8(6-16-2)14-11(15)7-17-9-3-4-10(12)13-5-9/h3-5,8H,6-7H2,1-2H3,(H,14,15). The summed E-state index contributed by atoms with van der Waals surface area (Å²) in [5, 5.41) is 2.74. The van der Waals surface area contributed by atoms with Gasteiger partial charge in [0, 0.05) is 13.2 Å². The van der Waals surface area contributed by atoms with Gasteiger partial charge in [0.15, 0.2) is 6.61 Å². The van der Waals surface area contributed by atoms with Gasteiger partial charge in [0.05, 0.1) is 12.8 Å². The molecule has 0 fully saturated rings. The largest absolute Gasteiger partial charge is 0.482 e. The zero-order valence-corrected chi connectivity index (χ0v) is 11.4. The highest BCUT2D eigenvalue weighted by atomic mass is 79.9. The molecule has 1 aromatic rings. The summed E-state index contributed by atoms with van der Waals surface area (Å²) in [6, 6.07) is 3.46. The third-order valence-electron chi connectivity index (χ3n) is 1.89. The Morgan fingerprint density at radius 1 is 1.59 bits per heavy atom. The molecule has 0 aliphatic rings. The fourth-order valence-electron chi connectivity index (χ4n) is 1.20. The molecular weight excluding hydrogens is 288 g/mol. The highest BCUT2D eigenvalue weighted by molar-refractivity contribution is 9.10. The topological polar surface area (TPSA) is 60.5 Å². The second-order valence-electron chi connectivity index (χ2n) is 3.53. The minimum Gasteiger partial charge on any atom is -0.482 e. The summed E-state index contributed by atoms with van der Waals surface area (Å²) in [5.74, 6) is 0.375. The van der Waals surface area contributed by atoms with Gasteiger partial charge >= 0.3 is 0 Å². The van der Waals surface area contributed by atoms with Crippen molar-refractivity contribution in [2.24, 2.45) is 0 Å². The van der Waals surface area contributed by atoms with Crippen molar-refractivity contribution in [3.8, 4) is 5.75 Å². The molecule has 0 radical (unpaired) electrons. The van der Waals surface area contributed by atoms with E-state index in [0.29, 0.717) is 12.4 Å². The number of aromatic nitrogens is 1. The van der Waals surface area contributed by atoms with Crippen molar-refractivity contribution in [2.75, 3.05) is 20.3 Å².